The first-order chi connectivity index (χ1) is 6.01. The fourth-order valence-corrected chi connectivity index (χ4v) is 1.79. The van der Waals surface area contributed by atoms with Crippen molar-refractivity contribution in [2.45, 2.75) is 38.3 Å². The summed E-state index contributed by atoms with van der Waals surface area (Å²) in [6, 6.07) is 0. The molecule has 78 valence electrons. The van der Waals surface area contributed by atoms with E-state index in [0.717, 1.165) is 12.8 Å². The fraction of sp³-hybridized carbons (Fsp3) is 1.00. The van der Waals surface area contributed by atoms with Gasteiger partial charge in [0.2, 0.25) is 0 Å². The molecule has 0 amide bonds. The standard InChI is InChI=1S/C9H16F3N/c10-9(11,12)5-8(6-13)4-7-2-1-3-7/h7-8H,1-6,13H2/t8-/m1/s1. The lowest BCUT2D eigenvalue weighted by molar-refractivity contribution is -0.145. The predicted octanol–water partition coefficient (Wildman–Crippen LogP) is 2.70. The SMILES string of the molecule is NC[C@H](CC1CCC1)CC(F)(F)F. The summed E-state index contributed by atoms with van der Waals surface area (Å²) in [6.45, 7) is 0.163. The Bertz CT molecular complexity index is 151. The first kappa shape index (κ1) is 10.8. The van der Waals surface area contributed by atoms with Crippen LogP contribution in [-0.4, -0.2) is 12.7 Å². The Balaban J connectivity index is 2.25. The van der Waals surface area contributed by atoms with E-state index < -0.39 is 12.6 Å². The van der Waals surface area contributed by atoms with Crippen molar-refractivity contribution in [3.05, 3.63) is 0 Å². The Morgan fingerprint density at radius 2 is 1.92 bits per heavy atom. The molecule has 1 fully saturated rings. The Morgan fingerprint density at radius 1 is 1.31 bits per heavy atom. The van der Waals surface area contributed by atoms with Crippen molar-refractivity contribution in [3.63, 3.8) is 0 Å². The summed E-state index contributed by atoms with van der Waals surface area (Å²) in [4.78, 5) is 0. The lowest BCUT2D eigenvalue weighted by atomic mass is 9.78. The van der Waals surface area contributed by atoms with Gasteiger partial charge in [-0.1, -0.05) is 19.3 Å². The van der Waals surface area contributed by atoms with Gasteiger partial charge in [0.05, 0.1) is 0 Å². The molecule has 0 saturated heterocycles. The number of nitrogens with two attached hydrogens (primary N) is 1. The van der Waals surface area contributed by atoms with E-state index in [4.69, 9.17) is 5.73 Å². The first-order valence-corrected chi connectivity index (χ1v) is 4.78. The number of rotatable bonds is 4. The van der Waals surface area contributed by atoms with Gasteiger partial charge in [0.1, 0.15) is 0 Å². The third-order valence-corrected chi connectivity index (χ3v) is 2.74. The summed E-state index contributed by atoms with van der Waals surface area (Å²) >= 11 is 0. The molecular formula is C9H16F3N. The van der Waals surface area contributed by atoms with Crippen LogP contribution in [-0.2, 0) is 0 Å². The molecule has 0 aliphatic heterocycles. The Hall–Kier alpha value is -0.250. The van der Waals surface area contributed by atoms with E-state index in [0.29, 0.717) is 12.3 Å². The van der Waals surface area contributed by atoms with Gasteiger partial charge in [-0.2, -0.15) is 13.2 Å². The maximum absolute atomic E-state index is 12.0. The number of halogens is 3. The highest BCUT2D eigenvalue weighted by Gasteiger charge is 2.33. The van der Waals surface area contributed by atoms with E-state index in [1.54, 1.807) is 0 Å². The molecule has 1 aliphatic carbocycles. The molecule has 1 rings (SSSR count). The highest BCUT2D eigenvalue weighted by molar-refractivity contribution is 4.75. The summed E-state index contributed by atoms with van der Waals surface area (Å²) in [6.07, 6.45) is -0.736. The smallest absolute Gasteiger partial charge is 0.330 e. The lowest BCUT2D eigenvalue weighted by Gasteiger charge is -2.29. The monoisotopic (exact) mass is 195 g/mol. The highest BCUT2D eigenvalue weighted by Crippen LogP contribution is 2.35. The molecule has 0 aromatic carbocycles. The van der Waals surface area contributed by atoms with Gasteiger partial charge in [-0.15, -0.1) is 0 Å². The number of hydrogen-bond donors (Lipinski definition) is 1. The van der Waals surface area contributed by atoms with E-state index in [-0.39, 0.29) is 12.5 Å². The second kappa shape index (κ2) is 4.31. The molecule has 0 aromatic rings. The molecule has 0 aromatic heterocycles. The first-order valence-electron chi connectivity index (χ1n) is 4.78. The summed E-state index contributed by atoms with van der Waals surface area (Å²) in [5.41, 5.74) is 5.31. The van der Waals surface area contributed by atoms with Crippen molar-refractivity contribution >= 4 is 0 Å². The molecule has 0 radical (unpaired) electrons. The average molecular weight is 195 g/mol. The molecular weight excluding hydrogens is 179 g/mol. The van der Waals surface area contributed by atoms with Crippen molar-refractivity contribution in [1.29, 1.82) is 0 Å². The molecule has 1 saturated carbocycles. The third-order valence-electron chi connectivity index (χ3n) is 2.74. The minimum atomic E-state index is -4.05. The summed E-state index contributed by atoms with van der Waals surface area (Å²) in [5, 5.41) is 0. The molecule has 1 atom stereocenters. The number of alkyl halides is 3. The molecule has 0 spiro atoms. The maximum atomic E-state index is 12.0. The van der Waals surface area contributed by atoms with Gasteiger partial charge < -0.3 is 5.73 Å². The van der Waals surface area contributed by atoms with Crippen molar-refractivity contribution in [2.24, 2.45) is 17.6 Å². The van der Waals surface area contributed by atoms with Crippen LogP contribution < -0.4 is 5.73 Å². The Labute approximate surface area is 76.5 Å². The van der Waals surface area contributed by atoms with Gasteiger partial charge in [0, 0.05) is 6.42 Å². The van der Waals surface area contributed by atoms with Crippen LogP contribution in [0.3, 0.4) is 0 Å². The molecule has 13 heavy (non-hydrogen) atoms. The molecule has 0 unspecified atom stereocenters. The summed E-state index contributed by atoms with van der Waals surface area (Å²) in [7, 11) is 0. The molecule has 0 bridgehead atoms. The van der Waals surface area contributed by atoms with Crippen molar-refractivity contribution in [3.8, 4) is 0 Å². The van der Waals surface area contributed by atoms with Gasteiger partial charge in [-0.25, -0.2) is 0 Å². The summed E-state index contributed by atoms with van der Waals surface area (Å²) in [5.74, 6) is 0.154. The normalized spacial score (nSPS) is 21.2. The molecule has 2 N–H and O–H groups in total. The van der Waals surface area contributed by atoms with Crippen LogP contribution in [0.15, 0.2) is 0 Å². The van der Waals surface area contributed by atoms with Gasteiger partial charge in [0.15, 0.2) is 0 Å². The lowest BCUT2D eigenvalue weighted by Crippen LogP contribution is -2.26. The van der Waals surface area contributed by atoms with Crippen LogP contribution in [0.2, 0.25) is 0 Å². The van der Waals surface area contributed by atoms with E-state index in [1.807, 2.05) is 0 Å². The Morgan fingerprint density at radius 3 is 2.23 bits per heavy atom. The molecule has 4 heteroatoms. The predicted molar refractivity (Wildman–Crippen MR) is 45.2 cm³/mol. The van der Waals surface area contributed by atoms with Crippen LogP contribution in [0.1, 0.15) is 32.1 Å². The van der Waals surface area contributed by atoms with E-state index in [2.05, 4.69) is 0 Å². The van der Waals surface area contributed by atoms with Crippen molar-refractivity contribution in [2.75, 3.05) is 6.54 Å². The van der Waals surface area contributed by atoms with Gasteiger partial charge in [-0.3, -0.25) is 0 Å². The third kappa shape index (κ3) is 3.98. The van der Waals surface area contributed by atoms with Crippen LogP contribution in [0, 0.1) is 11.8 Å². The molecule has 0 heterocycles. The molecule has 1 aliphatic rings. The van der Waals surface area contributed by atoms with Crippen molar-refractivity contribution in [1.82, 2.24) is 0 Å². The minimum absolute atomic E-state index is 0.163. The van der Waals surface area contributed by atoms with Crippen LogP contribution in [0.25, 0.3) is 0 Å². The van der Waals surface area contributed by atoms with Gasteiger partial charge >= 0.3 is 6.18 Å². The summed E-state index contributed by atoms with van der Waals surface area (Å²) < 4.78 is 36.0. The van der Waals surface area contributed by atoms with Crippen LogP contribution >= 0.6 is 0 Å². The van der Waals surface area contributed by atoms with Crippen LogP contribution in [0.4, 0.5) is 13.2 Å². The zero-order chi connectivity index (χ0) is 9.90. The minimum Gasteiger partial charge on any atom is -0.330 e. The second-order valence-electron chi connectivity index (χ2n) is 3.95. The average Bonchev–Trinajstić information content (AvgIpc) is 1.91. The quantitative estimate of drug-likeness (QED) is 0.733. The fourth-order valence-electron chi connectivity index (χ4n) is 1.79. The van der Waals surface area contributed by atoms with Gasteiger partial charge in [-0.05, 0) is 24.8 Å². The second-order valence-corrected chi connectivity index (χ2v) is 3.95. The van der Waals surface area contributed by atoms with Crippen molar-refractivity contribution < 1.29 is 13.2 Å². The highest BCUT2D eigenvalue weighted by atomic mass is 19.4. The zero-order valence-electron chi connectivity index (χ0n) is 7.61. The maximum Gasteiger partial charge on any atom is 0.389 e. The largest absolute Gasteiger partial charge is 0.389 e. The van der Waals surface area contributed by atoms with Crippen LogP contribution in [0.5, 0.6) is 0 Å². The van der Waals surface area contributed by atoms with E-state index in [1.165, 1.54) is 6.42 Å². The Kier molecular flexibility index (Phi) is 3.59. The van der Waals surface area contributed by atoms with Gasteiger partial charge in [0.25, 0.3) is 0 Å². The number of hydrogen-bond acceptors (Lipinski definition) is 1. The van der Waals surface area contributed by atoms with E-state index >= 15 is 0 Å². The topological polar surface area (TPSA) is 26.0 Å². The zero-order valence-corrected chi connectivity index (χ0v) is 7.61. The van der Waals surface area contributed by atoms with E-state index in [9.17, 15) is 13.2 Å². The molecule has 1 nitrogen and oxygen atoms in total.